The Kier molecular flexibility index (Phi) is 6.37. The standard InChI is InChI=1S/C18H22N2O3S/c1-13-6-8-15(9-7-13)23-11-10-20(3)18(22)14(2)19-17(21)16-5-4-12-24-16/h4-9,12,14H,10-11H2,1-3H3,(H,19,21). The van der Waals surface area contributed by atoms with Crippen LogP contribution in [0.2, 0.25) is 0 Å². The van der Waals surface area contributed by atoms with Gasteiger partial charge in [-0.05, 0) is 37.4 Å². The van der Waals surface area contributed by atoms with Gasteiger partial charge in [0, 0.05) is 7.05 Å². The smallest absolute Gasteiger partial charge is 0.261 e. The Morgan fingerprint density at radius 1 is 1.25 bits per heavy atom. The Morgan fingerprint density at radius 3 is 2.58 bits per heavy atom. The summed E-state index contributed by atoms with van der Waals surface area (Å²) in [4.78, 5) is 26.4. The molecule has 2 amide bonds. The van der Waals surface area contributed by atoms with Crippen LogP contribution in [-0.2, 0) is 4.79 Å². The van der Waals surface area contributed by atoms with Crippen LogP contribution in [0.5, 0.6) is 5.75 Å². The second-order valence-corrected chi connectivity index (χ2v) is 6.54. The molecular formula is C18H22N2O3S. The molecule has 128 valence electrons. The van der Waals surface area contributed by atoms with E-state index in [0.717, 1.165) is 5.75 Å². The molecule has 1 atom stereocenters. The van der Waals surface area contributed by atoms with Crippen LogP contribution in [0.15, 0.2) is 41.8 Å². The Balaban J connectivity index is 1.76. The summed E-state index contributed by atoms with van der Waals surface area (Å²) < 4.78 is 5.62. The molecule has 5 nitrogen and oxygen atoms in total. The topological polar surface area (TPSA) is 58.6 Å². The monoisotopic (exact) mass is 346 g/mol. The van der Waals surface area contributed by atoms with Gasteiger partial charge in [0.1, 0.15) is 18.4 Å². The average Bonchev–Trinajstić information content (AvgIpc) is 3.10. The number of aryl methyl sites for hydroxylation is 1. The molecule has 0 aliphatic heterocycles. The summed E-state index contributed by atoms with van der Waals surface area (Å²) in [6.45, 7) is 4.55. The molecule has 1 aromatic carbocycles. The predicted octanol–water partition coefficient (Wildman–Crippen LogP) is 2.71. The fraction of sp³-hybridized carbons (Fsp3) is 0.333. The summed E-state index contributed by atoms with van der Waals surface area (Å²) in [5.41, 5.74) is 1.17. The van der Waals surface area contributed by atoms with Gasteiger partial charge in [0.2, 0.25) is 5.91 Å². The first-order chi connectivity index (χ1) is 11.5. The molecule has 0 saturated heterocycles. The van der Waals surface area contributed by atoms with Gasteiger partial charge in [0.25, 0.3) is 5.91 Å². The first kappa shape index (κ1) is 18.0. The molecule has 0 fully saturated rings. The number of carbonyl (C=O) groups excluding carboxylic acids is 2. The Bertz CT molecular complexity index is 668. The van der Waals surface area contributed by atoms with Crippen LogP contribution in [0.4, 0.5) is 0 Å². The Hall–Kier alpha value is -2.34. The summed E-state index contributed by atoms with van der Waals surface area (Å²) in [6, 6.07) is 10.7. The number of amides is 2. The molecule has 0 radical (unpaired) electrons. The van der Waals surface area contributed by atoms with Crippen LogP contribution in [0, 0.1) is 6.92 Å². The molecule has 0 aliphatic carbocycles. The van der Waals surface area contributed by atoms with Crippen molar-refractivity contribution in [3.8, 4) is 5.75 Å². The van der Waals surface area contributed by atoms with Gasteiger partial charge in [0.05, 0.1) is 11.4 Å². The van der Waals surface area contributed by atoms with Gasteiger partial charge in [-0.1, -0.05) is 23.8 Å². The molecular weight excluding hydrogens is 324 g/mol. The van der Waals surface area contributed by atoms with E-state index in [9.17, 15) is 9.59 Å². The quantitative estimate of drug-likeness (QED) is 0.839. The SMILES string of the molecule is Cc1ccc(OCCN(C)C(=O)C(C)NC(=O)c2cccs2)cc1. The van der Waals surface area contributed by atoms with E-state index in [2.05, 4.69) is 5.32 Å². The van der Waals surface area contributed by atoms with Crippen molar-refractivity contribution in [3.63, 3.8) is 0 Å². The van der Waals surface area contributed by atoms with Gasteiger partial charge in [-0.2, -0.15) is 0 Å². The summed E-state index contributed by atoms with van der Waals surface area (Å²) in [7, 11) is 1.70. The first-order valence-electron chi connectivity index (χ1n) is 7.76. The number of ether oxygens (including phenoxy) is 1. The fourth-order valence-corrected chi connectivity index (χ4v) is 2.74. The van der Waals surface area contributed by atoms with E-state index in [4.69, 9.17) is 4.74 Å². The highest BCUT2D eigenvalue weighted by atomic mass is 32.1. The van der Waals surface area contributed by atoms with Gasteiger partial charge in [-0.3, -0.25) is 9.59 Å². The molecule has 1 heterocycles. The first-order valence-corrected chi connectivity index (χ1v) is 8.64. The lowest BCUT2D eigenvalue weighted by molar-refractivity contribution is -0.131. The van der Waals surface area contributed by atoms with Crippen molar-refractivity contribution in [2.24, 2.45) is 0 Å². The molecule has 2 rings (SSSR count). The zero-order chi connectivity index (χ0) is 17.5. The van der Waals surface area contributed by atoms with Gasteiger partial charge in [-0.25, -0.2) is 0 Å². The third-order valence-corrected chi connectivity index (χ3v) is 4.42. The van der Waals surface area contributed by atoms with Crippen LogP contribution in [0.1, 0.15) is 22.2 Å². The van der Waals surface area contributed by atoms with E-state index >= 15 is 0 Å². The van der Waals surface area contributed by atoms with Crippen molar-refractivity contribution in [3.05, 3.63) is 52.2 Å². The van der Waals surface area contributed by atoms with E-state index < -0.39 is 6.04 Å². The van der Waals surface area contributed by atoms with Crippen LogP contribution in [-0.4, -0.2) is 43.0 Å². The summed E-state index contributed by atoms with van der Waals surface area (Å²) in [5.74, 6) is 0.406. The predicted molar refractivity (Wildman–Crippen MR) is 95.6 cm³/mol. The minimum Gasteiger partial charge on any atom is -0.492 e. The maximum atomic E-state index is 12.3. The van der Waals surface area contributed by atoms with Crippen molar-refractivity contribution in [1.29, 1.82) is 0 Å². The number of hydrogen-bond acceptors (Lipinski definition) is 4. The van der Waals surface area contributed by atoms with Crippen molar-refractivity contribution in [1.82, 2.24) is 10.2 Å². The number of carbonyl (C=O) groups is 2. The highest BCUT2D eigenvalue weighted by Crippen LogP contribution is 2.11. The molecule has 0 bridgehead atoms. The van der Waals surface area contributed by atoms with Crippen LogP contribution >= 0.6 is 11.3 Å². The molecule has 1 unspecified atom stereocenters. The van der Waals surface area contributed by atoms with Crippen LogP contribution < -0.4 is 10.1 Å². The van der Waals surface area contributed by atoms with Crippen molar-refractivity contribution >= 4 is 23.2 Å². The number of nitrogens with one attached hydrogen (secondary N) is 1. The molecule has 0 aliphatic rings. The third kappa shape index (κ3) is 5.09. The largest absolute Gasteiger partial charge is 0.492 e. The molecule has 0 saturated carbocycles. The van der Waals surface area contributed by atoms with Gasteiger partial charge >= 0.3 is 0 Å². The lowest BCUT2D eigenvalue weighted by atomic mass is 10.2. The summed E-state index contributed by atoms with van der Waals surface area (Å²) in [5, 5.41) is 4.55. The molecule has 0 spiro atoms. The maximum absolute atomic E-state index is 12.3. The van der Waals surface area contributed by atoms with Gasteiger partial charge < -0.3 is 15.0 Å². The minimum atomic E-state index is -0.580. The highest BCUT2D eigenvalue weighted by molar-refractivity contribution is 7.12. The van der Waals surface area contributed by atoms with Crippen LogP contribution in [0.3, 0.4) is 0 Å². The zero-order valence-electron chi connectivity index (χ0n) is 14.1. The number of rotatable bonds is 7. The van der Waals surface area contributed by atoms with E-state index in [0.29, 0.717) is 18.0 Å². The molecule has 1 aromatic heterocycles. The molecule has 2 aromatic rings. The number of nitrogens with zero attached hydrogens (tertiary/aromatic N) is 1. The van der Waals surface area contributed by atoms with Gasteiger partial charge in [-0.15, -0.1) is 11.3 Å². The van der Waals surface area contributed by atoms with E-state index in [-0.39, 0.29) is 11.8 Å². The van der Waals surface area contributed by atoms with E-state index in [1.165, 1.54) is 16.9 Å². The normalized spacial score (nSPS) is 11.6. The van der Waals surface area contributed by atoms with Crippen molar-refractivity contribution < 1.29 is 14.3 Å². The van der Waals surface area contributed by atoms with Gasteiger partial charge in [0.15, 0.2) is 0 Å². The Morgan fingerprint density at radius 2 is 1.96 bits per heavy atom. The number of hydrogen-bond donors (Lipinski definition) is 1. The van der Waals surface area contributed by atoms with Crippen LogP contribution in [0.25, 0.3) is 0 Å². The third-order valence-electron chi connectivity index (χ3n) is 3.56. The zero-order valence-corrected chi connectivity index (χ0v) is 14.9. The number of thiophene rings is 1. The summed E-state index contributed by atoms with van der Waals surface area (Å²) in [6.07, 6.45) is 0. The summed E-state index contributed by atoms with van der Waals surface area (Å²) >= 11 is 1.35. The average molecular weight is 346 g/mol. The number of likely N-dealkylation sites (N-methyl/N-ethyl adjacent to an activating group) is 1. The van der Waals surface area contributed by atoms with E-state index in [1.807, 2.05) is 36.6 Å². The lowest BCUT2D eigenvalue weighted by Gasteiger charge is -2.22. The van der Waals surface area contributed by atoms with Crippen molar-refractivity contribution in [2.45, 2.75) is 19.9 Å². The fourth-order valence-electron chi connectivity index (χ4n) is 2.11. The van der Waals surface area contributed by atoms with Crippen molar-refractivity contribution in [2.75, 3.05) is 20.2 Å². The second kappa shape index (κ2) is 8.49. The minimum absolute atomic E-state index is 0.146. The molecule has 24 heavy (non-hydrogen) atoms. The molecule has 1 N–H and O–H groups in total. The number of benzene rings is 1. The lowest BCUT2D eigenvalue weighted by Crippen LogP contribution is -2.46. The second-order valence-electron chi connectivity index (χ2n) is 5.59. The highest BCUT2D eigenvalue weighted by Gasteiger charge is 2.20. The maximum Gasteiger partial charge on any atom is 0.261 e. The Labute approximate surface area is 146 Å². The molecule has 6 heteroatoms. The van der Waals surface area contributed by atoms with E-state index in [1.54, 1.807) is 31.0 Å².